The lowest BCUT2D eigenvalue weighted by Gasteiger charge is -2.09. The van der Waals surface area contributed by atoms with E-state index in [1.807, 2.05) is 22.6 Å². The molecule has 0 spiro atoms. The van der Waals surface area contributed by atoms with Crippen LogP contribution in [0, 0.1) is 3.70 Å². The number of halogens is 4. The van der Waals surface area contributed by atoms with Crippen LogP contribution in [0.25, 0.3) is 0 Å². The molecular formula is C7H5BrF2INO. The minimum atomic E-state index is -2.59. The average Bonchev–Trinajstić information content (AvgIpc) is 2.01. The second kappa shape index (κ2) is 4.50. The van der Waals surface area contributed by atoms with Gasteiger partial charge in [-0.2, -0.15) is 0 Å². The summed E-state index contributed by atoms with van der Waals surface area (Å²) in [6.45, 7) is 0. The third-order valence-electron chi connectivity index (χ3n) is 1.38. The van der Waals surface area contributed by atoms with E-state index in [-0.39, 0.29) is 15.9 Å². The van der Waals surface area contributed by atoms with Gasteiger partial charge in [0.15, 0.2) is 0 Å². The molecule has 0 atom stereocenters. The Morgan fingerprint density at radius 1 is 1.62 bits per heavy atom. The van der Waals surface area contributed by atoms with Gasteiger partial charge in [-0.05, 0) is 38.5 Å². The number of alkyl halides is 2. The standard InChI is InChI=1S/C7H5BrF2INO/c1-13-3-2-4(11)12-6(8)5(3)7(9)10/h2,7H,1H3. The minimum Gasteiger partial charge on any atom is -0.496 e. The molecule has 0 bridgehead atoms. The Balaban J connectivity index is 3.30. The lowest BCUT2D eigenvalue weighted by Crippen LogP contribution is -1.97. The maximum Gasteiger partial charge on any atom is 0.270 e. The van der Waals surface area contributed by atoms with Gasteiger partial charge in [-0.3, -0.25) is 0 Å². The highest BCUT2D eigenvalue weighted by Crippen LogP contribution is 2.34. The number of nitrogens with zero attached hydrogens (tertiary/aromatic N) is 1. The Morgan fingerprint density at radius 2 is 2.23 bits per heavy atom. The summed E-state index contributed by atoms with van der Waals surface area (Å²) in [5.41, 5.74) is -0.206. The van der Waals surface area contributed by atoms with E-state index >= 15 is 0 Å². The minimum absolute atomic E-state index is 0.131. The van der Waals surface area contributed by atoms with Crippen molar-refractivity contribution in [1.82, 2.24) is 4.98 Å². The normalized spacial score (nSPS) is 10.6. The first-order valence-electron chi connectivity index (χ1n) is 3.24. The molecule has 0 unspecified atom stereocenters. The molecule has 6 heteroatoms. The monoisotopic (exact) mass is 363 g/mol. The van der Waals surface area contributed by atoms with Crippen molar-refractivity contribution in [3.63, 3.8) is 0 Å². The zero-order chi connectivity index (χ0) is 10.0. The number of pyridine rings is 1. The lowest BCUT2D eigenvalue weighted by atomic mass is 10.3. The van der Waals surface area contributed by atoms with Crippen LogP contribution in [-0.4, -0.2) is 12.1 Å². The molecule has 0 saturated carbocycles. The van der Waals surface area contributed by atoms with Gasteiger partial charge in [-0.25, -0.2) is 13.8 Å². The molecule has 0 aromatic carbocycles. The van der Waals surface area contributed by atoms with E-state index in [9.17, 15) is 8.78 Å². The smallest absolute Gasteiger partial charge is 0.270 e. The summed E-state index contributed by atoms with van der Waals surface area (Å²) < 4.78 is 30.5. The van der Waals surface area contributed by atoms with Crippen LogP contribution in [-0.2, 0) is 0 Å². The highest BCUT2D eigenvalue weighted by Gasteiger charge is 2.19. The Morgan fingerprint density at radius 3 is 2.69 bits per heavy atom. The van der Waals surface area contributed by atoms with Gasteiger partial charge in [-0.15, -0.1) is 0 Å². The highest BCUT2D eigenvalue weighted by atomic mass is 127. The van der Waals surface area contributed by atoms with E-state index in [2.05, 4.69) is 20.9 Å². The van der Waals surface area contributed by atoms with E-state index in [0.717, 1.165) is 0 Å². The zero-order valence-corrected chi connectivity index (χ0v) is 10.3. The summed E-state index contributed by atoms with van der Waals surface area (Å²) in [7, 11) is 1.35. The number of hydrogen-bond donors (Lipinski definition) is 0. The average molecular weight is 364 g/mol. The second-order valence-corrected chi connectivity index (χ2v) is 4.01. The van der Waals surface area contributed by atoms with Crippen LogP contribution in [0.15, 0.2) is 10.7 Å². The third kappa shape index (κ3) is 2.49. The van der Waals surface area contributed by atoms with Crippen molar-refractivity contribution < 1.29 is 13.5 Å². The number of methoxy groups -OCH3 is 1. The van der Waals surface area contributed by atoms with E-state index < -0.39 is 6.43 Å². The summed E-state index contributed by atoms with van der Waals surface area (Å²) >= 11 is 4.89. The molecule has 13 heavy (non-hydrogen) atoms. The molecule has 72 valence electrons. The van der Waals surface area contributed by atoms with Crippen LogP contribution < -0.4 is 4.74 Å². The molecule has 1 heterocycles. The summed E-state index contributed by atoms with van der Waals surface area (Å²) in [4.78, 5) is 3.85. The molecule has 0 saturated heterocycles. The van der Waals surface area contributed by atoms with Crippen LogP contribution in [0.2, 0.25) is 0 Å². The summed E-state index contributed by atoms with van der Waals surface area (Å²) in [5.74, 6) is 0.154. The molecule has 1 rings (SSSR count). The fourth-order valence-electron chi connectivity index (χ4n) is 0.840. The lowest BCUT2D eigenvalue weighted by molar-refractivity contribution is 0.145. The van der Waals surface area contributed by atoms with Crippen molar-refractivity contribution in [2.75, 3.05) is 7.11 Å². The number of rotatable bonds is 2. The molecule has 0 radical (unpaired) electrons. The molecule has 0 aliphatic carbocycles. The van der Waals surface area contributed by atoms with E-state index in [0.29, 0.717) is 3.70 Å². The largest absolute Gasteiger partial charge is 0.496 e. The van der Waals surface area contributed by atoms with Gasteiger partial charge in [0.2, 0.25) is 0 Å². The number of hydrogen-bond acceptors (Lipinski definition) is 2. The second-order valence-electron chi connectivity index (χ2n) is 2.15. The molecule has 2 nitrogen and oxygen atoms in total. The summed E-state index contributed by atoms with van der Waals surface area (Å²) in [5, 5.41) is 0. The first kappa shape index (κ1) is 11.1. The van der Waals surface area contributed by atoms with Crippen LogP contribution in [0.3, 0.4) is 0 Å². The fourth-order valence-corrected chi connectivity index (χ4v) is 2.26. The number of ether oxygens (including phenoxy) is 1. The van der Waals surface area contributed by atoms with Gasteiger partial charge in [-0.1, -0.05) is 0 Å². The Bertz CT molecular complexity index is 322. The number of aromatic nitrogens is 1. The van der Waals surface area contributed by atoms with E-state index in [1.165, 1.54) is 13.2 Å². The molecular weight excluding hydrogens is 359 g/mol. The van der Waals surface area contributed by atoms with Crippen LogP contribution >= 0.6 is 38.5 Å². The Hall–Kier alpha value is 0.0200. The molecule has 0 aliphatic rings. The van der Waals surface area contributed by atoms with Crippen molar-refractivity contribution in [2.24, 2.45) is 0 Å². The van der Waals surface area contributed by atoms with Gasteiger partial charge in [0, 0.05) is 6.07 Å². The molecule has 1 aromatic rings. The van der Waals surface area contributed by atoms with Gasteiger partial charge < -0.3 is 4.74 Å². The maximum absolute atomic E-state index is 12.5. The van der Waals surface area contributed by atoms with Crippen molar-refractivity contribution in [3.8, 4) is 5.75 Å². The quantitative estimate of drug-likeness (QED) is 0.593. The van der Waals surface area contributed by atoms with Crippen molar-refractivity contribution in [3.05, 3.63) is 19.9 Å². The SMILES string of the molecule is COc1cc(I)nc(Br)c1C(F)F. The fraction of sp³-hybridized carbons (Fsp3) is 0.286. The van der Waals surface area contributed by atoms with E-state index in [1.54, 1.807) is 0 Å². The molecule has 0 fully saturated rings. The van der Waals surface area contributed by atoms with Gasteiger partial charge in [0.25, 0.3) is 6.43 Å². The molecule has 0 aliphatic heterocycles. The topological polar surface area (TPSA) is 22.1 Å². The Labute approximate surface area is 96.0 Å². The maximum atomic E-state index is 12.5. The Kier molecular flexibility index (Phi) is 3.84. The van der Waals surface area contributed by atoms with Crippen molar-refractivity contribution in [2.45, 2.75) is 6.43 Å². The highest BCUT2D eigenvalue weighted by molar-refractivity contribution is 14.1. The van der Waals surface area contributed by atoms with Crippen molar-refractivity contribution in [1.29, 1.82) is 0 Å². The molecule has 0 N–H and O–H groups in total. The van der Waals surface area contributed by atoms with Crippen LogP contribution in [0.4, 0.5) is 8.78 Å². The summed E-state index contributed by atoms with van der Waals surface area (Å²) in [6, 6.07) is 1.47. The molecule has 1 aromatic heterocycles. The van der Waals surface area contributed by atoms with Gasteiger partial charge in [0.1, 0.15) is 14.1 Å². The summed E-state index contributed by atoms with van der Waals surface area (Å²) in [6.07, 6.45) is -2.59. The van der Waals surface area contributed by atoms with Crippen LogP contribution in [0.5, 0.6) is 5.75 Å². The first-order chi connectivity index (χ1) is 6.06. The predicted molar refractivity (Wildman–Crippen MR) is 56.2 cm³/mol. The predicted octanol–water partition coefficient (Wildman–Crippen LogP) is 3.39. The van der Waals surface area contributed by atoms with Crippen molar-refractivity contribution >= 4 is 38.5 Å². The first-order valence-corrected chi connectivity index (χ1v) is 5.11. The van der Waals surface area contributed by atoms with Crippen LogP contribution in [0.1, 0.15) is 12.0 Å². The molecule has 0 amide bonds. The van der Waals surface area contributed by atoms with Gasteiger partial charge in [0.05, 0.1) is 12.7 Å². The third-order valence-corrected chi connectivity index (χ3v) is 2.54. The zero-order valence-electron chi connectivity index (χ0n) is 6.52. The van der Waals surface area contributed by atoms with E-state index in [4.69, 9.17) is 4.74 Å². The van der Waals surface area contributed by atoms with Gasteiger partial charge >= 0.3 is 0 Å².